The first-order valence-electron chi connectivity index (χ1n) is 6.06. The van der Waals surface area contributed by atoms with Crippen molar-refractivity contribution in [2.24, 2.45) is 0 Å². The highest BCUT2D eigenvalue weighted by atomic mass is 16.4. The van der Waals surface area contributed by atoms with Gasteiger partial charge in [-0.1, -0.05) is 0 Å². The molecule has 0 saturated carbocycles. The van der Waals surface area contributed by atoms with Crippen LogP contribution in [0.2, 0.25) is 0 Å². The largest absolute Gasteiger partial charge is 0.394 e. The predicted octanol–water partition coefficient (Wildman–Crippen LogP) is -6.12. The van der Waals surface area contributed by atoms with Crippen molar-refractivity contribution in [3.8, 4) is 0 Å². The Morgan fingerprint density at radius 3 is 1.23 bits per heavy atom. The highest BCUT2D eigenvalue weighted by Gasteiger charge is 2.29. The lowest BCUT2D eigenvalue weighted by molar-refractivity contribution is -0.136. The molecule has 0 unspecified atom stereocenters. The Morgan fingerprint density at radius 1 is 0.591 bits per heavy atom. The molecule has 0 fully saturated rings. The molecule has 0 saturated heterocycles. The maximum Gasteiger partial charge on any atom is 0.151 e. The molecule has 132 valence electrons. The van der Waals surface area contributed by atoms with E-state index in [1.807, 2.05) is 0 Å². The number of aliphatic hydroxyl groups excluding tert-OH is 9. The summed E-state index contributed by atoms with van der Waals surface area (Å²) in [6, 6.07) is 0. The number of carbonyl (C=O) groups is 2. The Morgan fingerprint density at radius 2 is 0.909 bits per heavy atom. The van der Waals surface area contributed by atoms with Gasteiger partial charge in [-0.3, -0.25) is 0 Å². The zero-order valence-electron chi connectivity index (χ0n) is 11.5. The Kier molecular flexibility index (Phi) is 13.2. The number of rotatable bonds is 9. The summed E-state index contributed by atoms with van der Waals surface area (Å²) in [4.78, 5) is 19.7. The molecule has 0 amide bonds. The van der Waals surface area contributed by atoms with Crippen LogP contribution in [0.15, 0.2) is 0 Å². The van der Waals surface area contributed by atoms with Gasteiger partial charge in [-0.05, 0) is 0 Å². The molecule has 0 aliphatic heterocycles. The molecule has 11 nitrogen and oxygen atoms in total. The van der Waals surface area contributed by atoms with E-state index in [4.69, 9.17) is 46.0 Å². The van der Waals surface area contributed by atoms with Crippen LogP contribution in [0.3, 0.4) is 0 Å². The van der Waals surface area contributed by atoms with Crippen LogP contribution in [0.5, 0.6) is 0 Å². The van der Waals surface area contributed by atoms with Gasteiger partial charge in [0.2, 0.25) is 0 Å². The molecule has 7 atom stereocenters. The van der Waals surface area contributed by atoms with E-state index in [-0.39, 0.29) is 12.6 Å². The fourth-order valence-corrected chi connectivity index (χ4v) is 1.03. The van der Waals surface area contributed by atoms with E-state index in [1.165, 1.54) is 0 Å². The average Bonchev–Trinajstić information content (AvgIpc) is 2.56. The molecule has 0 heterocycles. The highest BCUT2D eigenvalue weighted by molar-refractivity contribution is 5.57. The molecule has 0 rings (SSSR count). The van der Waals surface area contributed by atoms with Gasteiger partial charge in [0.1, 0.15) is 42.7 Å². The number of hydrogen-bond donors (Lipinski definition) is 9. The summed E-state index contributed by atoms with van der Waals surface area (Å²) in [5, 5.41) is 77.6. The van der Waals surface area contributed by atoms with Crippen molar-refractivity contribution in [2.75, 3.05) is 13.2 Å². The quantitative estimate of drug-likeness (QED) is 0.181. The minimum Gasteiger partial charge on any atom is -0.394 e. The Hall–Kier alpha value is -1.02. The zero-order chi connectivity index (χ0) is 17.9. The first-order chi connectivity index (χ1) is 10.2. The van der Waals surface area contributed by atoms with Crippen LogP contribution in [0.4, 0.5) is 0 Å². The van der Waals surface area contributed by atoms with E-state index in [0.29, 0.717) is 0 Å². The zero-order valence-corrected chi connectivity index (χ0v) is 11.5. The van der Waals surface area contributed by atoms with E-state index in [2.05, 4.69) is 0 Å². The fraction of sp³-hybridized carbons (Fsp3) is 0.818. The standard InChI is InChI=1S/C6H12O6.C5H10O5/c7-1-3(9)5(11)6(12)4(10)2-8;6-1-3(8)5(10)4(9)2-7/h1,3-6,8-12H,2H2;1,3-5,7-10H,2H2/t3-,4+,5-,6-;3-,4-,5-/m01/s1. The fourth-order valence-electron chi connectivity index (χ4n) is 1.03. The topological polar surface area (TPSA) is 216 Å². The van der Waals surface area contributed by atoms with Gasteiger partial charge in [-0.2, -0.15) is 0 Å². The molecule has 0 aromatic heterocycles. The minimum absolute atomic E-state index is 0.0258. The number of hydrogen-bond acceptors (Lipinski definition) is 11. The van der Waals surface area contributed by atoms with Crippen LogP contribution < -0.4 is 0 Å². The Labute approximate surface area is 125 Å². The molecule has 0 aliphatic rings. The predicted molar refractivity (Wildman–Crippen MR) is 68.3 cm³/mol. The molecule has 22 heavy (non-hydrogen) atoms. The van der Waals surface area contributed by atoms with Gasteiger partial charge in [-0.15, -0.1) is 0 Å². The van der Waals surface area contributed by atoms with E-state index >= 15 is 0 Å². The van der Waals surface area contributed by atoms with Crippen LogP contribution in [-0.2, 0) is 9.59 Å². The highest BCUT2D eigenvalue weighted by Crippen LogP contribution is 2.03. The molecule has 0 aromatic rings. The van der Waals surface area contributed by atoms with Gasteiger partial charge in [0.15, 0.2) is 12.6 Å². The summed E-state index contributed by atoms with van der Waals surface area (Å²) in [6.45, 7) is -1.45. The Bertz CT molecular complexity index is 300. The van der Waals surface area contributed by atoms with Crippen molar-refractivity contribution < 1.29 is 55.5 Å². The van der Waals surface area contributed by atoms with Crippen LogP contribution >= 0.6 is 0 Å². The van der Waals surface area contributed by atoms with Crippen molar-refractivity contribution in [3.05, 3.63) is 0 Å². The molecular weight excluding hydrogens is 308 g/mol. The van der Waals surface area contributed by atoms with E-state index < -0.39 is 55.9 Å². The van der Waals surface area contributed by atoms with Crippen molar-refractivity contribution >= 4 is 12.6 Å². The SMILES string of the molecule is O=C[C@@H](O)[C@@H](O)[C@H](O)CO.O=C[C@H](O)[C@H](O)[C@@H](O)[C@H](O)CO. The second-order valence-electron chi connectivity index (χ2n) is 4.22. The third kappa shape index (κ3) is 8.43. The van der Waals surface area contributed by atoms with Crippen LogP contribution in [-0.4, -0.2) is 114 Å². The minimum atomic E-state index is -1.79. The normalized spacial score (nSPS) is 20.4. The maximum atomic E-state index is 9.90. The smallest absolute Gasteiger partial charge is 0.151 e. The number of aldehydes is 2. The molecule has 0 bridgehead atoms. The second kappa shape index (κ2) is 12.5. The van der Waals surface area contributed by atoms with Gasteiger partial charge in [0, 0.05) is 0 Å². The van der Waals surface area contributed by atoms with Crippen molar-refractivity contribution in [1.82, 2.24) is 0 Å². The third-order valence-electron chi connectivity index (χ3n) is 2.49. The lowest BCUT2D eigenvalue weighted by Gasteiger charge is -2.22. The molecule has 0 aliphatic carbocycles. The number of carbonyl (C=O) groups excluding carboxylic acids is 2. The summed E-state index contributed by atoms with van der Waals surface area (Å²) in [6.07, 6.45) is -11.5. The Balaban J connectivity index is 0. The lowest BCUT2D eigenvalue weighted by atomic mass is 10.0. The summed E-state index contributed by atoms with van der Waals surface area (Å²) >= 11 is 0. The van der Waals surface area contributed by atoms with Gasteiger partial charge in [-0.25, -0.2) is 0 Å². The van der Waals surface area contributed by atoms with Crippen molar-refractivity contribution in [2.45, 2.75) is 42.7 Å². The molecule has 0 radical (unpaired) electrons. The van der Waals surface area contributed by atoms with Gasteiger partial charge in [0.05, 0.1) is 13.2 Å². The van der Waals surface area contributed by atoms with Crippen LogP contribution in [0.1, 0.15) is 0 Å². The summed E-state index contributed by atoms with van der Waals surface area (Å²) < 4.78 is 0. The van der Waals surface area contributed by atoms with E-state index in [0.717, 1.165) is 0 Å². The maximum absolute atomic E-state index is 9.90. The third-order valence-corrected chi connectivity index (χ3v) is 2.49. The molecule has 11 heteroatoms. The van der Waals surface area contributed by atoms with Crippen molar-refractivity contribution in [3.63, 3.8) is 0 Å². The van der Waals surface area contributed by atoms with Crippen LogP contribution in [0.25, 0.3) is 0 Å². The summed E-state index contributed by atoms with van der Waals surface area (Å²) in [5.41, 5.74) is 0. The monoisotopic (exact) mass is 330 g/mol. The summed E-state index contributed by atoms with van der Waals surface area (Å²) in [7, 11) is 0. The van der Waals surface area contributed by atoms with E-state index in [9.17, 15) is 9.59 Å². The molecule has 9 N–H and O–H groups in total. The van der Waals surface area contributed by atoms with Gasteiger partial charge < -0.3 is 55.5 Å². The van der Waals surface area contributed by atoms with Gasteiger partial charge in [0.25, 0.3) is 0 Å². The molecule has 0 aromatic carbocycles. The lowest BCUT2D eigenvalue weighted by Crippen LogP contribution is -2.46. The second-order valence-corrected chi connectivity index (χ2v) is 4.22. The first kappa shape index (κ1) is 23.2. The molecular formula is C11H22O11. The first-order valence-corrected chi connectivity index (χ1v) is 6.06. The summed E-state index contributed by atoms with van der Waals surface area (Å²) in [5.74, 6) is 0. The average molecular weight is 330 g/mol. The number of aliphatic hydroxyl groups is 9. The van der Waals surface area contributed by atoms with E-state index in [1.54, 1.807) is 0 Å². The van der Waals surface area contributed by atoms with Crippen molar-refractivity contribution in [1.29, 1.82) is 0 Å². The molecule has 0 spiro atoms. The van der Waals surface area contributed by atoms with Crippen LogP contribution in [0, 0.1) is 0 Å². The van der Waals surface area contributed by atoms with Gasteiger partial charge >= 0.3 is 0 Å².